The third-order valence-electron chi connectivity index (χ3n) is 9.27. The second-order valence-electron chi connectivity index (χ2n) is 13.1. The standard InChI is InChI=1S/C40H42N6O7/c47-34(44-27-17-18-30-29(24-27)31(21-23-41-30)43-26-12-7-6-8-13-26)16-9-4-2-1-3-5-10-22-42-36(49)25-53-33-15-11-14-28-37(33)40(52)46(39(28)51)32-19-20-35(48)45-38(32)50/h6-8,11-15,17-18,21,23-24,32H,1-5,9-10,16,19-20,22,25H2,(H,41,43)(H,42,49)(H,44,47)(H,45,48,50). The SMILES string of the molecule is O=C(COc1cccc2c1C(=O)N(C1CCC(=O)NC1=O)C2=O)NCCCCCCCCCC(=O)Nc1ccc2nccc(Nc3ccccc3)c2c1. The lowest BCUT2D eigenvalue weighted by atomic mass is 10.0. The first-order chi connectivity index (χ1) is 25.8. The summed E-state index contributed by atoms with van der Waals surface area (Å²) in [5, 5.41) is 12.4. The summed E-state index contributed by atoms with van der Waals surface area (Å²) in [5.74, 6) is -2.76. The van der Waals surface area contributed by atoms with Gasteiger partial charge >= 0.3 is 0 Å². The van der Waals surface area contributed by atoms with Gasteiger partial charge in [0.1, 0.15) is 11.8 Å². The van der Waals surface area contributed by atoms with Crippen LogP contribution in [0.25, 0.3) is 10.9 Å². The van der Waals surface area contributed by atoms with Crippen molar-refractivity contribution in [3.05, 3.63) is 90.1 Å². The third-order valence-corrected chi connectivity index (χ3v) is 9.27. The van der Waals surface area contributed by atoms with Crippen LogP contribution in [0.5, 0.6) is 5.75 Å². The maximum atomic E-state index is 13.2. The van der Waals surface area contributed by atoms with Crippen molar-refractivity contribution in [2.45, 2.75) is 70.3 Å². The zero-order valence-corrected chi connectivity index (χ0v) is 29.3. The number of piperidine rings is 1. The summed E-state index contributed by atoms with van der Waals surface area (Å²) in [5.41, 5.74) is 3.56. The van der Waals surface area contributed by atoms with E-state index in [0.717, 1.165) is 77.8 Å². The van der Waals surface area contributed by atoms with Crippen LogP contribution >= 0.6 is 0 Å². The van der Waals surface area contributed by atoms with Crippen molar-refractivity contribution in [1.82, 2.24) is 20.5 Å². The lowest BCUT2D eigenvalue weighted by Crippen LogP contribution is -2.54. The number of unbranched alkanes of at least 4 members (excludes halogenated alkanes) is 6. The molecule has 6 amide bonds. The van der Waals surface area contributed by atoms with Gasteiger partial charge in [-0.1, -0.05) is 56.4 Å². The summed E-state index contributed by atoms with van der Waals surface area (Å²) in [6, 6.07) is 21.0. The molecule has 4 aromatic rings. The monoisotopic (exact) mass is 718 g/mol. The van der Waals surface area contributed by atoms with Gasteiger partial charge in [-0.25, -0.2) is 0 Å². The summed E-state index contributed by atoms with van der Waals surface area (Å²) in [7, 11) is 0. The van der Waals surface area contributed by atoms with Gasteiger partial charge in [0, 0.05) is 48.0 Å². The van der Waals surface area contributed by atoms with Crippen molar-refractivity contribution in [2.24, 2.45) is 0 Å². The van der Waals surface area contributed by atoms with E-state index < -0.39 is 29.7 Å². The van der Waals surface area contributed by atoms with Crippen molar-refractivity contribution < 1.29 is 33.5 Å². The van der Waals surface area contributed by atoms with Gasteiger partial charge in [-0.3, -0.25) is 44.0 Å². The fourth-order valence-corrected chi connectivity index (χ4v) is 6.55. The van der Waals surface area contributed by atoms with Gasteiger partial charge in [-0.05, 0) is 67.8 Å². The first-order valence-corrected chi connectivity index (χ1v) is 18.0. The van der Waals surface area contributed by atoms with Gasteiger partial charge in [0.25, 0.3) is 17.7 Å². The number of carbonyl (C=O) groups is 6. The Labute approximate surface area is 306 Å². The van der Waals surface area contributed by atoms with Crippen molar-refractivity contribution in [2.75, 3.05) is 23.8 Å². The Hall–Kier alpha value is -6.11. The number of pyridine rings is 1. The molecule has 13 nitrogen and oxygen atoms in total. The number of hydrogen-bond donors (Lipinski definition) is 4. The molecule has 0 aliphatic carbocycles. The fourth-order valence-electron chi connectivity index (χ4n) is 6.55. The highest BCUT2D eigenvalue weighted by Gasteiger charge is 2.46. The number of anilines is 3. The molecule has 0 bridgehead atoms. The number of ether oxygens (including phenoxy) is 1. The van der Waals surface area contributed by atoms with Crippen LogP contribution in [-0.2, 0) is 19.2 Å². The van der Waals surface area contributed by atoms with Crippen LogP contribution in [0.15, 0.2) is 79.0 Å². The molecule has 4 N–H and O–H groups in total. The number of fused-ring (bicyclic) bond motifs is 2. The van der Waals surface area contributed by atoms with Gasteiger partial charge < -0.3 is 20.7 Å². The molecule has 1 saturated heterocycles. The number of amides is 6. The van der Waals surface area contributed by atoms with Crippen LogP contribution < -0.4 is 26.0 Å². The van der Waals surface area contributed by atoms with E-state index in [9.17, 15) is 28.8 Å². The molecule has 3 heterocycles. The molecule has 13 heteroatoms. The predicted octanol–water partition coefficient (Wildman–Crippen LogP) is 5.63. The van der Waals surface area contributed by atoms with Crippen LogP contribution in [0.3, 0.4) is 0 Å². The quantitative estimate of drug-likeness (QED) is 0.0796. The number of carbonyl (C=O) groups excluding carboxylic acids is 6. The Kier molecular flexibility index (Phi) is 12.0. The molecule has 3 aromatic carbocycles. The summed E-state index contributed by atoms with van der Waals surface area (Å²) >= 11 is 0. The van der Waals surface area contributed by atoms with Crippen LogP contribution in [-0.4, -0.2) is 64.5 Å². The average molecular weight is 719 g/mol. The van der Waals surface area contributed by atoms with E-state index in [1.165, 1.54) is 12.1 Å². The number of nitrogens with zero attached hydrogens (tertiary/aromatic N) is 2. The highest BCUT2D eigenvalue weighted by atomic mass is 16.5. The molecule has 274 valence electrons. The van der Waals surface area contributed by atoms with Crippen molar-refractivity contribution in [1.29, 1.82) is 0 Å². The second kappa shape index (κ2) is 17.4. The van der Waals surface area contributed by atoms with Gasteiger partial charge in [-0.2, -0.15) is 0 Å². The zero-order chi connectivity index (χ0) is 37.2. The smallest absolute Gasteiger partial charge is 0.266 e. The molecule has 2 aliphatic heterocycles. The Balaban J connectivity index is 0.833. The molecule has 6 rings (SSSR count). The topological polar surface area (TPSA) is 176 Å². The molecule has 0 saturated carbocycles. The van der Waals surface area contributed by atoms with E-state index in [2.05, 4.69) is 26.3 Å². The fraction of sp³-hybridized carbons (Fsp3) is 0.325. The van der Waals surface area contributed by atoms with Crippen molar-refractivity contribution in [3.8, 4) is 5.75 Å². The summed E-state index contributed by atoms with van der Waals surface area (Å²) in [6.45, 7) is 0.138. The second-order valence-corrected chi connectivity index (χ2v) is 13.1. The van der Waals surface area contributed by atoms with E-state index in [4.69, 9.17) is 4.74 Å². The lowest BCUT2D eigenvalue weighted by molar-refractivity contribution is -0.136. The molecular formula is C40H42N6O7. The van der Waals surface area contributed by atoms with E-state index >= 15 is 0 Å². The maximum Gasteiger partial charge on any atom is 0.266 e. The largest absolute Gasteiger partial charge is 0.483 e. The van der Waals surface area contributed by atoms with Crippen molar-refractivity contribution in [3.63, 3.8) is 0 Å². The first-order valence-electron chi connectivity index (χ1n) is 18.0. The molecule has 53 heavy (non-hydrogen) atoms. The molecule has 0 radical (unpaired) electrons. The summed E-state index contributed by atoms with van der Waals surface area (Å²) in [4.78, 5) is 80.4. The minimum Gasteiger partial charge on any atom is -0.483 e. The van der Waals surface area contributed by atoms with Gasteiger partial charge in [0.15, 0.2) is 6.61 Å². The molecule has 2 aliphatic rings. The minimum atomic E-state index is -1.08. The number of nitrogens with one attached hydrogen (secondary N) is 4. The highest BCUT2D eigenvalue weighted by molar-refractivity contribution is 6.24. The van der Waals surface area contributed by atoms with Crippen LogP contribution in [0.2, 0.25) is 0 Å². The Morgan fingerprint density at radius 3 is 2.38 bits per heavy atom. The molecule has 1 atom stereocenters. The number of hydrogen-bond acceptors (Lipinski definition) is 9. The number of para-hydroxylation sites is 1. The zero-order valence-electron chi connectivity index (χ0n) is 29.3. The number of aromatic nitrogens is 1. The first kappa shape index (κ1) is 36.7. The summed E-state index contributed by atoms with van der Waals surface area (Å²) in [6.07, 6.45) is 8.85. The lowest BCUT2D eigenvalue weighted by Gasteiger charge is -2.27. The van der Waals surface area contributed by atoms with E-state index in [1.807, 2.05) is 54.6 Å². The van der Waals surface area contributed by atoms with Gasteiger partial charge in [0.2, 0.25) is 17.7 Å². The maximum absolute atomic E-state index is 13.2. The molecular weight excluding hydrogens is 676 g/mol. The Morgan fingerprint density at radius 2 is 1.58 bits per heavy atom. The minimum absolute atomic E-state index is 0.00402. The van der Waals surface area contributed by atoms with E-state index in [0.29, 0.717) is 13.0 Å². The summed E-state index contributed by atoms with van der Waals surface area (Å²) < 4.78 is 5.63. The molecule has 1 fully saturated rings. The predicted molar refractivity (Wildman–Crippen MR) is 199 cm³/mol. The Bertz CT molecular complexity index is 2020. The van der Waals surface area contributed by atoms with E-state index in [-0.39, 0.29) is 48.1 Å². The number of imide groups is 2. The van der Waals surface area contributed by atoms with Crippen molar-refractivity contribution >= 4 is 63.4 Å². The Morgan fingerprint density at radius 1 is 0.811 bits per heavy atom. The highest BCUT2D eigenvalue weighted by Crippen LogP contribution is 2.34. The number of benzene rings is 3. The van der Waals surface area contributed by atoms with Gasteiger partial charge in [0.05, 0.1) is 16.6 Å². The molecule has 0 spiro atoms. The van der Waals surface area contributed by atoms with Crippen LogP contribution in [0.4, 0.5) is 17.1 Å². The third kappa shape index (κ3) is 9.23. The molecule has 1 unspecified atom stereocenters. The van der Waals surface area contributed by atoms with Crippen LogP contribution in [0.1, 0.15) is 84.9 Å². The molecule has 1 aromatic heterocycles. The van der Waals surface area contributed by atoms with Gasteiger partial charge in [-0.15, -0.1) is 0 Å². The average Bonchev–Trinajstić information content (AvgIpc) is 3.41. The van der Waals surface area contributed by atoms with Crippen LogP contribution in [0, 0.1) is 0 Å². The normalized spacial score (nSPS) is 15.2. The number of rotatable bonds is 17. The van der Waals surface area contributed by atoms with E-state index in [1.54, 1.807) is 12.3 Å².